The third kappa shape index (κ3) is 3.65. The maximum atomic E-state index is 12.1. The number of carbonyl (C=O) groups is 1. The quantitative estimate of drug-likeness (QED) is 0.922. The molecular weight excluding hydrogens is 252 g/mol. The zero-order valence-corrected chi connectivity index (χ0v) is 12.6. The van der Waals surface area contributed by atoms with E-state index in [1.165, 1.54) is 0 Å². The lowest BCUT2D eigenvalue weighted by molar-refractivity contribution is 0.173. The topological polar surface area (TPSA) is 41.6 Å². The monoisotopic (exact) mass is 276 g/mol. The first kappa shape index (κ1) is 14.7. The van der Waals surface area contributed by atoms with E-state index >= 15 is 0 Å². The Morgan fingerprint density at radius 1 is 1.40 bits per heavy atom. The van der Waals surface area contributed by atoms with E-state index in [0.717, 1.165) is 48.7 Å². The smallest absolute Gasteiger partial charge is 0.317 e. The fraction of sp³-hybridized carbons (Fsp3) is 0.562. The number of aryl methyl sites for hydroxylation is 1. The number of nitrogens with zero attached hydrogens (tertiary/aromatic N) is 1. The summed E-state index contributed by atoms with van der Waals surface area (Å²) < 4.78 is 5.24. The van der Waals surface area contributed by atoms with E-state index < -0.39 is 0 Å². The molecule has 1 fully saturated rings. The molecule has 1 aromatic carbocycles. The average molecular weight is 276 g/mol. The van der Waals surface area contributed by atoms with Crippen LogP contribution < -0.4 is 10.1 Å². The summed E-state index contributed by atoms with van der Waals surface area (Å²) in [7, 11) is 1.67. The Hall–Kier alpha value is -1.71. The summed E-state index contributed by atoms with van der Waals surface area (Å²) in [5.74, 6) is 1.62. The van der Waals surface area contributed by atoms with Gasteiger partial charge in [0.25, 0.3) is 0 Å². The molecule has 1 aliphatic rings. The van der Waals surface area contributed by atoms with Gasteiger partial charge in [-0.25, -0.2) is 4.79 Å². The number of nitrogens with one attached hydrogen (secondary N) is 1. The average Bonchev–Trinajstić information content (AvgIpc) is 2.45. The van der Waals surface area contributed by atoms with Crippen molar-refractivity contribution < 1.29 is 9.53 Å². The number of ether oxygens (including phenoxy) is 1. The van der Waals surface area contributed by atoms with Crippen LogP contribution in [0.4, 0.5) is 4.79 Å². The lowest BCUT2D eigenvalue weighted by Gasteiger charge is -2.30. The van der Waals surface area contributed by atoms with E-state index in [4.69, 9.17) is 4.74 Å². The van der Waals surface area contributed by atoms with E-state index in [0.29, 0.717) is 6.54 Å². The van der Waals surface area contributed by atoms with Gasteiger partial charge in [0, 0.05) is 19.6 Å². The molecule has 0 radical (unpaired) electrons. The number of rotatable bonds is 3. The molecule has 1 aromatic rings. The van der Waals surface area contributed by atoms with E-state index in [1.807, 2.05) is 24.0 Å². The van der Waals surface area contributed by atoms with Crippen molar-refractivity contribution in [2.24, 2.45) is 5.92 Å². The molecule has 0 saturated carbocycles. The summed E-state index contributed by atoms with van der Waals surface area (Å²) in [5.41, 5.74) is 2.19. The summed E-state index contributed by atoms with van der Waals surface area (Å²) in [5, 5.41) is 2.99. The van der Waals surface area contributed by atoms with Crippen molar-refractivity contribution in [2.45, 2.75) is 33.2 Å². The highest BCUT2D eigenvalue weighted by molar-refractivity contribution is 5.74. The van der Waals surface area contributed by atoms with Gasteiger partial charge in [0.2, 0.25) is 0 Å². The summed E-state index contributed by atoms with van der Waals surface area (Å²) in [4.78, 5) is 14.0. The van der Waals surface area contributed by atoms with Gasteiger partial charge in [0.1, 0.15) is 5.75 Å². The maximum Gasteiger partial charge on any atom is 0.317 e. The number of benzene rings is 1. The van der Waals surface area contributed by atoms with Crippen molar-refractivity contribution in [3.63, 3.8) is 0 Å². The minimum absolute atomic E-state index is 0.0466. The van der Waals surface area contributed by atoms with Crippen LogP contribution in [0.25, 0.3) is 0 Å². The Labute approximate surface area is 121 Å². The third-order valence-corrected chi connectivity index (χ3v) is 3.97. The van der Waals surface area contributed by atoms with E-state index in [-0.39, 0.29) is 6.03 Å². The Balaban J connectivity index is 1.85. The Kier molecular flexibility index (Phi) is 4.88. The number of urea groups is 1. The number of piperidine rings is 1. The van der Waals surface area contributed by atoms with Gasteiger partial charge in [-0.05, 0) is 42.9 Å². The van der Waals surface area contributed by atoms with Gasteiger partial charge < -0.3 is 15.0 Å². The van der Waals surface area contributed by atoms with Crippen molar-refractivity contribution in [1.82, 2.24) is 10.2 Å². The molecule has 0 unspecified atom stereocenters. The van der Waals surface area contributed by atoms with Gasteiger partial charge in [0.15, 0.2) is 0 Å². The van der Waals surface area contributed by atoms with Crippen LogP contribution in [0.1, 0.15) is 30.9 Å². The molecule has 0 spiro atoms. The minimum Gasteiger partial charge on any atom is -0.496 e. The molecule has 4 nitrogen and oxygen atoms in total. The first-order valence-electron chi connectivity index (χ1n) is 7.26. The van der Waals surface area contributed by atoms with Crippen LogP contribution in [-0.2, 0) is 6.54 Å². The first-order valence-corrected chi connectivity index (χ1v) is 7.26. The number of likely N-dealkylation sites (tertiary alicyclic amines) is 1. The standard InChI is InChI=1S/C16H24N2O2/c1-12-6-8-18(9-7-12)16(19)17-11-14-4-5-15(20-3)13(2)10-14/h4-5,10,12H,6-9,11H2,1-3H3,(H,17,19). The second-order valence-electron chi connectivity index (χ2n) is 5.63. The van der Waals surface area contributed by atoms with Gasteiger partial charge in [-0.3, -0.25) is 0 Å². The van der Waals surface area contributed by atoms with Crippen molar-refractivity contribution in [3.05, 3.63) is 29.3 Å². The van der Waals surface area contributed by atoms with E-state index in [1.54, 1.807) is 7.11 Å². The number of carbonyl (C=O) groups excluding carboxylic acids is 1. The molecular formula is C16H24N2O2. The fourth-order valence-corrected chi connectivity index (χ4v) is 2.55. The zero-order chi connectivity index (χ0) is 14.5. The summed E-state index contributed by atoms with van der Waals surface area (Å²) in [6.07, 6.45) is 2.21. The van der Waals surface area contributed by atoms with E-state index in [9.17, 15) is 4.79 Å². The van der Waals surface area contributed by atoms with Crippen LogP contribution in [-0.4, -0.2) is 31.1 Å². The molecule has 2 rings (SSSR count). The van der Waals surface area contributed by atoms with Gasteiger partial charge >= 0.3 is 6.03 Å². The van der Waals surface area contributed by atoms with Crippen LogP contribution in [0.3, 0.4) is 0 Å². The zero-order valence-electron chi connectivity index (χ0n) is 12.6. The molecule has 0 aliphatic carbocycles. The van der Waals surface area contributed by atoms with Crippen LogP contribution in [0.5, 0.6) is 5.75 Å². The SMILES string of the molecule is COc1ccc(CNC(=O)N2CCC(C)CC2)cc1C. The van der Waals surface area contributed by atoms with Crippen molar-refractivity contribution in [2.75, 3.05) is 20.2 Å². The molecule has 20 heavy (non-hydrogen) atoms. The molecule has 2 amide bonds. The molecule has 0 atom stereocenters. The lowest BCUT2D eigenvalue weighted by atomic mass is 10.00. The van der Waals surface area contributed by atoms with Gasteiger partial charge in [-0.15, -0.1) is 0 Å². The largest absolute Gasteiger partial charge is 0.496 e. The van der Waals surface area contributed by atoms with Gasteiger partial charge in [-0.2, -0.15) is 0 Å². The fourth-order valence-electron chi connectivity index (χ4n) is 2.55. The predicted molar refractivity (Wildman–Crippen MR) is 79.9 cm³/mol. The van der Waals surface area contributed by atoms with Crippen LogP contribution in [0.15, 0.2) is 18.2 Å². The number of methoxy groups -OCH3 is 1. The van der Waals surface area contributed by atoms with Crippen LogP contribution in [0, 0.1) is 12.8 Å². The molecule has 0 bridgehead atoms. The summed E-state index contributed by atoms with van der Waals surface area (Å²) in [6.45, 7) is 6.56. The summed E-state index contributed by atoms with van der Waals surface area (Å²) >= 11 is 0. The predicted octanol–water partition coefficient (Wildman–Crippen LogP) is 2.95. The first-order chi connectivity index (χ1) is 9.60. The van der Waals surface area contributed by atoms with Crippen molar-refractivity contribution >= 4 is 6.03 Å². The molecule has 1 saturated heterocycles. The number of hydrogen-bond acceptors (Lipinski definition) is 2. The third-order valence-electron chi connectivity index (χ3n) is 3.97. The van der Waals surface area contributed by atoms with Crippen LogP contribution in [0.2, 0.25) is 0 Å². The highest BCUT2D eigenvalue weighted by atomic mass is 16.5. The molecule has 0 aromatic heterocycles. The van der Waals surface area contributed by atoms with E-state index in [2.05, 4.69) is 18.3 Å². The van der Waals surface area contributed by atoms with Crippen LogP contribution >= 0.6 is 0 Å². The van der Waals surface area contributed by atoms with Crippen molar-refractivity contribution in [3.8, 4) is 5.75 Å². The second-order valence-corrected chi connectivity index (χ2v) is 5.63. The second kappa shape index (κ2) is 6.64. The maximum absolute atomic E-state index is 12.1. The Bertz CT molecular complexity index is 466. The summed E-state index contributed by atoms with van der Waals surface area (Å²) in [6, 6.07) is 6.03. The molecule has 1 heterocycles. The van der Waals surface area contributed by atoms with Gasteiger partial charge in [0.05, 0.1) is 7.11 Å². The molecule has 1 aliphatic heterocycles. The highest BCUT2D eigenvalue weighted by Gasteiger charge is 2.19. The highest BCUT2D eigenvalue weighted by Crippen LogP contribution is 2.19. The molecule has 110 valence electrons. The number of amides is 2. The Morgan fingerprint density at radius 2 is 2.10 bits per heavy atom. The molecule has 1 N–H and O–H groups in total. The lowest BCUT2D eigenvalue weighted by Crippen LogP contribution is -2.43. The normalized spacial score (nSPS) is 16.1. The Morgan fingerprint density at radius 3 is 2.70 bits per heavy atom. The molecule has 4 heteroatoms. The van der Waals surface area contributed by atoms with Gasteiger partial charge in [-0.1, -0.05) is 19.1 Å². The number of hydrogen-bond donors (Lipinski definition) is 1. The minimum atomic E-state index is 0.0466. The van der Waals surface area contributed by atoms with Crippen molar-refractivity contribution in [1.29, 1.82) is 0 Å².